The lowest BCUT2D eigenvalue weighted by atomic mass is 10.0. The van der Waals surface area contributed by atoms with E-state index < -0.39 is 6.10 Å². The number of halogens is 1. The smallest absolute Gasteiger partial charge is 0.256 e. The van der Waals surface area contributed by atoms with E-state index in [9.17, 15) is 14.3 Å². The van der Waals surface area contributed by atoms with Crippen molar-refractivity contribution < 1.29 is 14.3 Å². The molecular formula is C19H16FN3O2. The van der Waals surface area contributed by atoms with Crippen LogP contribution in [0.25, 0.3) is 11.0 Å². The molecule has 1 N–H and O–H groups in total. The largest absolute Gasteiger partial charge is 0.391 e. The first kappa shape index (κ1) is 15.7. The summed E-state index contributed by atoms with van der Waals surface area (Å²) in [6.45, 7) is 0.234. The Morgan fingerprint density at radius 3 is 2.68 bits per heavy atom. The molecule has 0 unspecified atom stereocenters. The highest BCUT2D eigenvalue weighted by Crippen LogP contribution is 2.34. The van der Waals surface area contributed by atoms with Crippen LogP contribution in [0.5, 0.6) is 0 Å². The number of rotatable bonds is 2. The lowest BCUT2D eigenvalue weighted by molar-refractivity contribution is 0.0717. The van der Waals surface area contributed by atoms with Crippen LogP contribution in [0, 0.1) is 5.82 Å². The van der Waals surface area contributed by atoms with Gasteiger partial charge >= 0.3 is 0 Å². The second-order valence-corrected chi connectivity index (χ2v) is 6.14. The fourth-order valence-electron chi connectivity index (χ4n) is 3.36. The van der Waals surface area contributed by atoms with Crippen LogP contribution in [0.15, 0.2) is 54.9 Å². The highest BCUT2D eigenvalue weighted by atomic mass is 19.1. The highest BCUT2D eigenvalue weighted by molar-refractivity contribution is 6.04. The molecular weight excluding hydrogens is 321 g/mol. The topological polar surface area (TPSA) is 66.3 Å². The number of aliphatic hydroxyl groups excluding tert-OH is 1. The molecule has 4 rings (SSSR count). The first-order valence-electron chi connectivity index (χ1n) is 8.08. The second kappa shape index (κ2) is 6.22. The predicted molar refractivity (Wildman–Crippen MR) is 90.3 cm³/mol. The lowest BCUT2D eigenvalue weighted by Crippen LogP contribution is -2.32. The summed E-state index contributed by atoms with van der Waals surface area (Å²) in [5.41, 5.74) is 2.44. The van der Waals surface area contributed by atoms with Crippen LogP contribution in [-0.2, 0) is 0 Å². The first-order valence-corrected chi connectivity index (χ1v) is 8.08. The van der Waals surface area contributed by atoms with Gasteiger partial charge in [0.1, 0.15) is 11.3 Å². The van der Waals surface area contributed by atoms with Crippen molar-refractivity contribution in [2.75, 3.05) is 6.54 Å². The van der Waals surface area contributed by atoms with Crippen LogP contribution in [0.4, 0.5) is 4.39 Å². The van der Waals surface area contributed by atoms with E-state index in [-0.39, 0.29) is 24.3 Å². The van der Waals surface area contributed by atoms with Gasteiger partial charge in [-0.05, 0) is 36.2 Å². The Bertz CT molecular complexity index is 924. The fourth-order valence-corrected chi connectivity index (χ4v) is 3.36. The molecule has 25 heavy (non-hydrogen) atoms. The number of carbonyl (C=O) groups excluding carboxylic acids is 1. The number of aliphatic hydroxyl groups is 1. The number of aromatic nitrogens is 2. The van der Waals surface area contributed by atoms with Gasteiger partial charge in [0.2, 0.25) is 0 Å². The van der Waals surface area contributed by atoms with Crippen molar-refractivity contribution in [1.82, 2.24) is 14.9 Å². The van der Waals surface area contributed by atoms with Crippen LogP contribution < -0.4 is 0 Å². The van der Waals surface area contributed by atoms with Crippen molar-refractivity contribution in [1.29, 1.82) is 0 Å². The number of para-hydroxylation sites is 1. The van der Waals surface area contributed by atoms with E-state index in [2.05, 4.69) is 9.97 Å². The van der Waals surface area contributed by atoms with E-state index in [4.69, 9.17) is 0 Å². The molecule has 5 nitrogen and oxygen atoms in total. The number of benzene rings is 2. The zero-order chi connectivity index (χ0) is 17.4. The maximum Gasteiger partial charge on any atom is 0.256 e. The van der Waals surface area contributed by atoms with Crippen LogP contribution in [0.1, 0.15) is 28.4 Å². The van der Waals surface area contributed by atoms with E-state index >= 15 is 0 Å². The third-order valence-corrected chi connectivity index (χ3v) is 4.52. The summed E-state index contributed by atoms with van der Waals surface area (Å²) < 4.78 is 13.2. The maximum atomic E-state index is 13.2. The van der Waals surface area contributed by atoms with E-state index in [1.54, 1.807) is 47.6 Å². The molecule has 0 bridgehead atoms. The van der Waals surface area contributed by atoms with Gasteiger partial charge in [0, 0.05) is 18.9 Å². The quantitative estimate of drug-likeness (QED) is 0.781. The zero-order valence-corrected chi connectivity index (χ0v) is 13.3. The fraction of sp³-hybridized carbons (Fsp3) is 0.211. The minimum absolute atomic E-state index is 0.211. The van der Waals surface area contributed by atoms with Gasteiger partial charge < -0.3 is 10.0 Å². The lowest BCUT2D eigenvalue weighted by Gasteiger charge is -2.25. The monoisotopic (exact) mass is 337 g/mol. The normalized spacial score (nSPS) is 20.2. The Morgan fingerprint density at radius 2 is 1.88 bits per heavy atom. The van der Waals surface area contributed by atoms with Gasteiger partial charge in [-0.2, -0.15) is 0 Å². The van der Waals surface area contributed by atoms with Crippen molar-refractivity contribution >= 4 is 16.9 Å². The second-order valence-electron chi connectivity index (χ2n) is 6.14. The molecule has 2 atom stereocenters. The van der Waals surface area contributed by atoms with Crippen molar-refractivity contribution in [3.05, 3.63) is 71.8 Å². The molecule has 1 saturated heterocycles. The third kappa shape index (κ3) is 2.85. The molecule has 0 saturated carbocycles. The van der Waals surface area contributed by atoms with Gasteiger partial charge in [-0.1, -0.05) is 18.2 Å². The average Bonchev–Trinajstić information content (AvgIpc) is 3.03. The molecule has 1 aliphatic rings. The summed E-state index contributed by atoms with van der Waals surface area (Å²) in [5.74, 6) is -0.540. The SMILES string of the molecule is O=C(c1cccc2nccnc12)N1C[C@@H](O)C[C@@H]1c1ccc(F)cc1. The summed E-state index contributed by atoms with van der Waals surface area (Å²) in [5, 5.41) is 10.1. The zero-order valence-electron chi connectivity index (χ0n) is 13.3. The molecule has 1 aromatic heterocycles. The minimum Gasteiger partial charge on any atom is -0.391 e. The number of carbonyl (C=O) groups is 1. The van der Waals surface area contributed by atoms with E-state index in [0.29, 0.717) is 23.0 Å². The van der Waals surface area contributed by atoms with E-state index in [1.165, 1.54) is 12.1 Å². The molecule has 2 heterocycles. The average molecular weight is 337 g/mol. The number of likely N-dealkylation sites (tertiary alicyclic amines) is 1. The molecule has 3 aromatic rings. The molecule has 2 aromatic carbocycles. The van der Waals surface area contributed by atoms with Crippen molar-refractivity contribution in [3.8, 4) is 0 Å². The predicted octanol–water partition coefficient (Wildman–Crippen LogP) is 2.72. The van der Waals surface area contributed by atoms with Crippen molar-refractivity contribution in [2.45, 2.75) is 18.6 Å². The van der Waals surface area contributed by atoms with Gasteiger partial charge in [0.15, 0.2) is 0 Å². The standard InChI is InChI=1S/C19H16FN3O2/c20-13-6-4-12(5-7-13)17-10-14(24)11-23(17)19(25)15-2-1-3-16-18(15)22-9-8-21-16/h1-9,14,17,24H,10-11H2/t14-,17+/m0/s1. The number of nitrogens with zero attached hydrogens (tertiary/aromatic N) is 3. The number of amides is 1. The summed E-state index contributed by atoms with van der Waals surface area (Å²) in [7, 11) is 0. The summed E-state index contributed by atoms with van der Waals surface area (Å²) in [6.07, 6.45) is 2.95. The maximum absolute atomic E-state index is 13.2. The first-order chi connectivity index (χ1) is 12.1. The minimum atomic E-state index is -0.611. The third-order valence-electron chi connectivity index (χ3n) is 4.52. The molecule has 126 valence electrons. The Morgan fingerprint density at radius 1 is 1.12 bits per heavy atom. The van der Waals surface area contributed by atoms with Crippen LogP contribution in [0.2, 0.25) is 0 Å². The van der Waals surface area contributed by atoms with E-state index in [0.717, 1.165) is 5.56 Å². The van der Waals surface area contributed by atoms with Crippen molar-refractivity contribution in [2.24, 2.45) is 0 Å². The van der Waals surface area contributed by atoms with Crippen LogP contribution >= 0.6 is 0 Å². The van der Waals surface area contributed by atoms with Gasteiger partial charge in [-0.3, -0.25) is 14.8 Å². The van der Waals surface area contributed by atoms with Crippen molar-refractivity contribution in [3.63, 3.8) is 0 Å². The molecule has 0 aliphatic carbocycles. The molecule has 1 fully saturated rings. The Kier molecular flexibility index (Phi) is 3.89. The van der Waals surface area contributed by atoms with Gasteiger partial charge in [-0.15, -0.1) is 0 Å². The number of hydrogen-bond acceptors (Lipinski definition) is 4. The number of fused-ring (bicyclic) bond motifs is 1. The Hall–Kier alpha value is -2.86. The van der Waals surface area contributed by atoms with Crippen LogP contribution in [0.3, 0.4) is 0 Å². The Labute approximate surface area is 143 Å². The molecule has 1 amide bonds. The molecule has 6 heteroatoms. The van der Waals surface area contributed by atoms with Gasteiger partial charge in [-0.25, -0.2) is 4.39 Å². The molecule has 1 aliphatic heterocycles. The van der Waals surface area contributed by atoms with Crippen LogP contribution in [-0.4, -0.2) is 38.5 Å². The van der Waals surface area contributed by atoms with Gasteiger partial charge in [0.05, 0.1) is 23.2 Å². The highest BCUT2D eigenvalue weighted by Gasteiger charge is 2.36. The summed E-state index contributed by atoms with van der Waals surface area (Å²) in [4.78, 5) is 23.3. The Balaban J connectivity index is 1.73. The van der Waals surface area contributed by atoms with Gasteiger partial charge in [0.25, 0.3) is 5.91 Å². The number of hydrogen-bond donors (Lipinski definition) is 1. The summed E-state index contributed by atoms with van der Waals surface area (Å²) in [6, 6.07) is 11.0. The summed E-state index contributed by atoms with van der Waals surface area (Å²) >= 11 is 0. The van der Waals surface area contributed by atoms with E-state index in [1.807, 2.05) is 0 Å². The molecule has 0 spiro atoms. The number of β-amino-alcohol motifs (C(OH)–C–C–N with tert-alkyl or cyclic N) is 1. The molecule has 0 radical (unpaired) electrons.